The average molecular weight is 276 g/mol. The smallest absolute Gasteiger partial charge is 0.239 e. The minimum Gasteiger partial charge on any atom is -0.508 e. The molecule has 0 aliphatic carbocycles. The van der Waals surface area contributed by atoms with E-state index in [0.29, 0.717) is 11.7 Å². The molecular formula is C16H24N2O2. The molecule has 110 valence electrons. The molecule has 3 N–H and O–H groups in total. The minimum absolute atomic E-state index is 0.0733. The summed E-state index contributed by atoms with van der Waals surface area (Å²) in [6.07, 6.45) is 1.92. The fourth-order valence-electron chi connectivity index (χ4n) is 2.68. The molecule has 20 heavy (non-hydrogen) atoms. The Hall–Kier alpha value is -1.55. The molecule has 1 aliphatic heterocycles. The summed E-state index contributed by atoms with van der Waals surface area (Å²) in [5.74, 6) is 1.01. The van der Waals surface area contributed by atoms with Gasteiger partial charge in [0, 0.05) is 13.1 Å². The van der Waals surface area contributed by atoms with Crippen LogP contribution in [0, 0.1) is 5.92 Å². The molecule has 4 nitrogen and oxygen atoms in total. The number of phenolic OH excluding ortho intramolecular Hbond substituents is 1. The van der Waals surface area contributed by atoms with Crippen LogP contribution in [0.25, 0.3) is 0 Å². The highest BCUT2D eigenvalue weighted by Gasteiger charge is 2.28. The van der Waals surface area contributed by atoms with Crippen LogP contribution in [-0.4, -0.2) is 35.0 Å². The topological polar surface area (TPSA) is 66.6 Å². The summed E-state index contributed by atoms with van der Waals surface area (Å²) in [5.41, 5.74) is 7.17. The van der Waals surface area contributed by atoms with Gasteiger partial charge in [0.2, 0.25) is 5.91 Å². The first-order chi connectivity index (χ1) is 9.49. The lowest BCUT2D eigenvalue weighted by molar-refractivity contribution is -0.134. The van der Waals surface area contributed by atoms with Gasteiger partial charge in [-0.3, -0.25) is 4.79 Å². The predicted octanol–water partition coefficient (Wildman–Crippen LogP) is 2.08. The zero-order chi connectivity index (χ0) is 14.7. The van der Waals surface area contributed by atoms with Gasteiger partial charge in [-0.2, -0.15) is 0 Å². The van der Waals surface area contributed by atoms with E-state index in [4.69, 9.17) is 5.73 Å². The standard InChI is InChI=1S/C16H24N2O2/c1-11(2)15(17)16(20)18-9-7-13(8-10-18)12-3-5-14(19)6-4-12/h3-6,11,13,15,19H,7-10,17H2,1-2H3. The molecule has 0 spiro atoms. The van der Waals surface area contributed by atoms with E-state index in [2.05, 4.69) is 0 Å². The maximum absolute atomic E-state index is 12.2. The van der Waals surface area contributed by atoms with Gasteiger partial charge in [-0.15, -0.1) is 0 Å². The summed E-state index contributed by atoms with van der Waals surface area (Å²) >= 11 is 0. The molecule has 0 aromatic heterocycles. The first-order valence-electron chi connectivity index (χ1n) is 7.32. The number of piperidine rings is 1. The molecule has 1 heterocycles. The molecule has 1 aliphatic rings. The fraction of sp³-hybridized carbons (Fsp3) is 0.562. The van der Waals surface area contributed by atoms with Crippen molar-refractivity contribution in [2.24, 2.45) is 11.7 Å². The van der Waals surface area contributed by atoms with Crippen LogP contribution in [-0.2, 0) is 4.79 Å². The van der Waals surface area contributed by atoms with Gasteiger partial charge < -0.3 is 15.7 Å². The van der Waals surface area contributed by atoms with Crippen molar-refractivity contribution in [1.82, 2.24) is 4.90 Å². The number of rotatable bonds is 3. The van der Waals surface area contributed by atoms with Gasteiger partial charge in [0.1, 0.15) is 5.75 Å². The van der Waals surface area contributed by atoms with Crippen molar-refractivity contribution in [3.63, 3.8) is 0 Å². The highest BCUT2D eigenvalue weighted by Crippen LogP contribution is 2.29. The number of aromatic hydroxyl groups is 1. The van der Waals surface area contributed by atoms with E-state index >= 15 is 0 Å². The van der Waals surface area contributed by atoms with Gasteiger partial charge in [-0.05, 0) is 42.4 Å². The van der Waals surface area contributed by atoms with Crippen molar-refractivity contribution in [3.05, 3.63) is 29.8 Å². The Balaban J connectivity index is 1.92. The largest absolute Gasteiger partial charge is 0.508 e. The van der Waals surface area contributed by atoms with Crippen molar-refractivity contribution in [1.29, 1.82) is 0 Å². The molecule has 1 fully saturated rings. The normalized spacial score (nSPS) is 18.3. The first kappa shape index (κ1) is 14.9. The third kappa shape index (κ3) is 3.31. The van der Waals surface area contributed by atoms with Gasteiger partial charge in [0.05, 0.1) is 6.04 Å². The molecule has 1 atom stereocenters. The summed E-state index contributed by atoms with van der Waals surface area (Å²) in [6.45, 7) is 5.49. The van der Waals surface area contributed by atoms with E-state index in [1.807, 2.05) is 30.9 Å². The van der Waals surface area contributed by atoms with Crippen LogP contribution in [0.1, 0.15) is 38.2 Å². The molecule has 4 heteroatoms. The van der Waals surface area contributed by atoms with Crippen LogP contribution in [0.15, 0.2) is 24.3 Å². The summed E-state index contributed by atoms with van der Waals surface area (Å²) in [4.78, 5) is 14.1. The van der Waals surface area contributed by atoms with Gasteiger partial charge in [-0.1, -0.05) is 26.0 Å². The number of phenols is 1. The molecule has 2 rings (SSSR count). The molecule has 0 bridgehead atoms. The van der Waals surface area contributed by atoms with E-state index in [-0.39, 0.29) is 17.9 Å². The maximum atomic E-state index is 12.2. The van der Waals surface area contributed by atoms with Crippen LogP contribution in [0.5, 0.6) is 5.75 Å². The second kappa shape index (κ2) is 6.27. The van der Waals surface area contributed by atoms with Crippen molar-refractivity contribution >= 4 is 5.91 Å². The van der Waals surface area contributed by atoms with Crippen molar-refractivity contribution in [2.75, 3.05) is 13.1 Å². The Bertz CT molecular complexity index is 448. The molecular weight excluding hydrogens is 252 g/mol. The Morgan fingerprint density at radius 2 is 1.80 bits per heavy atom. The lowest BCUT2D eigenvalue weighted by atomic mass is 9.89. The van der Waals surface area contributed by atoms with Crippen LogP contribution < -0.4 is 5.73 Å². The number of likely N-dealkylation sites (tertiary alicyclic amines) is 1. The summed E-state index contributed by atoms with van der Waals surface area (Å²) in [5, 5.41) is 9.32. The highest BCUT2D eigenvalue weighted by molar-refractivity contribution is 5.82. The van der Waals surface area contributed by atoms with Crippen molar-refractivity contribution in [2.45, 2.75) is 38.6 Å². The van der Waals surface area contributed by atoms with Crippen LogP contribution in [0.2, 0.25) is 0 Å². The third-order valence-electron chi connectivity index (χ3n) is 4.17. The Kier molecular flexibility index (Phi) is 4.65. The molecule has 1 amide bonds. The first-order valence-corrected chi connectivity index (χ1v) is 7.32. The quantitative estimate of drug-likeness (QED) is 0.888. The number of nitrogens with two attached hydrogens (primary N) is 1. The summed E-state index contributed by atoms with van der Waals surface area (Å²) in [7, 11) is 0. The van der Waals surface area contributed by atoms with E-state index in [1.54, 1.807) is 12.1 Å². The number of carbonyl (C=O) groups excluding carboxylic acids is 1. The number of amides is 1. The monoisotopic (exact) mass is 276 g/mol. The fourth-order valence-corrected chi connectivity index (χ4v) is 2.68. The molecule has 1 aromatic rings. The predicted molar refractivity (Wildman–Crippen MR) is 79.5 cm³/mol. The molecule has 1 unspecified atom stereocenters. The van der Waals surface area contributed by atoms with E-state index < -0.39 is 0 Å². The molecule has 1 saturated heterocycles. The van der Waals surface area contributed by atoms with Gasteiger partial charge >= 0.3 is 0 Å². The Morgan fingerprint density at radius 1 is 1.25 bits per heavy atom. The van der Waals surface area contributed by atoms with Crippen LogP contribution >= 0.6 is 0 Å². The second-order valence-corrected chi connectivity index (χ2v) is 5.96. The molecule has 0 radical (unpaired) electrons. The lowest BCUT2D eigenvalue weighted by Gasteiger charge is -2.34. The van der Waals surface area contributed by atoms with E-state index in [9.17, 15) is 9.90 Å². The second-order valence-electron chi connectivity index (χ2n) is 5.96. The Morgan fingerprint density at radius 3 is 2.30 bits per heavy atom. The summed E-state index contributed by atoms with van der Waals surface area (Å²) < 4.78 is 0. The van der Waals surface area contributed by atoms with Gasteiger partial charge in [0.25, 0.3) is 0 Å². The number of benzene rings is 1. The van der Waals surface area contributed by atoms with Crippen LogP contribution in [0.4, 0.5) is 0 Å². The minimum atomic E-state index is -0.389. The van der Waals surface area contributed by atoms with Gasteiger partial charge in [-0.25, -0.2) is 0 Å². The van der Waals surface area contributed by atoms with Crippen LogP contribution in [0.3, 0.4) is 0 Å². The average Bonchev–Trinajstić information content (AvgIpc) is 2.46. The number of hydrogen-bond acceptors (Lipinski definition) is 3. The third-order valence-corrected chi connectivity index (χ3v) is 4.17. The highest BCUT2D eigenvalue weighted by atomic mass is 16.3. The van der Waals surface area contributed by atoms with E-state index in [0.717, 1.165) is 25.9 Å². The molecule has 1 aromatic carbocycles. The Labute approximate surface area is 120 Å². The van der Waals surface area contributed by atoms with Gasteiger partial charge in [0.15, 0.2) is 0 Å². The molecule has 0 saturated carbocycles. The maximum Gasteiger partial charge on any atom is 0.239 e. The van der Waals surface area contributed by atoms with E-state index in [1.165, 1.54) is 5.56 Å². The summed E-state index contributed by atoms with van der Waals surface area (Å²) in [6, 6.07) is 7.00. The zero-order valence-corrected chi connectivity index (χ0v) is 12.2. The number of hydrogen-bond donors (Lipinski definition) is 2. The number of nitrogens with zero attached hydrogens (tertiary/aromatic N) is 1. The number of carbonyl (C=O) groups is 1. The van der Waals surface area contributed by atoms with Crippen molar-refractivity contribution in [3.8, 4) is 5.75 Å². The SMILES string of the molecule is CC(C)C(N)C(=O)N1CCC(c2ccc(O)cc2)CC1. The lowest BCUT2D eigenvalue weighted by Crippen LogP contribution is -2.49. The van der Waals surface area contributed by atoms with Crippen molar-refractivity contribution < 1.29 is 9.90 Å². The zero-order valence-electron chi connectivity index (χ0n) is 12.2.